The summed E-state index contributed by atoms with van der Waals surface area (Å²) in [4.78, 5) is 12.8. The number of likely N-dealkylation sites (tertiary alicyclic amines) is 1. The first-order chi connectivity index (χ1) is 9.16. The van der Waals surface area contributed by atoms with Gasteiger partial charge < -0.3 is 5.73 Å². The van der Waals surface area contributed by atoms with Crippen LogP contribution in [0.2, 0.25) is 0 Å². The maximum absolute atomic E-state index is 10.7. The van der Waals surface area contributed by atoms with E-state index >= 15 is 0 Å². The van der Waals surface area contributed by atoms with Crippen molar-refractivity contribution >= 4 is 5.69 Å². The monoisotopic (exact) mass is 261 g/mol. The van der Waals surface area contributed by atoms with E-state index in [4.69, 9.17) is 5.73 Å². The van der Waals surface area contributed by atoms with Gasteiger partial charge in [-0.05, 0) is 37.8 Å². The molecular formula is C14H19N3O2. The Labute approximate surface area is 112 Å². The highest BCUT2D eigenvalue weighted by Gasteiger charge is 2.39. The van der Waals surface area contributed by atoms with Crippen LogP contribution in [0.5, 0.6) is 0 Å². The number of nitrogens with two attached hydrogens (primary N) is 1. The average Bonchev–Trinajstić information content (AvgIpc) is 3.23. The second-order valence-electron chi connectivity index (χ2n) is 5.57. The summed E-state index contributed by atoms with van der Waals surface area (Å²) in [5.74, 6) is 0. The van der Waals surface area contributed by atoms with Gasteiger partial charge in [-0.15, -0.1) is 0 Å². The Morgan fingerprint density at radius 3 is 2.47 bits per heavy atom. The fourth-order valence-electron chi connectivity index (χ4n) is 3.10. The molecule has 3 rings (SSSR count). The zero-order valence-corrected chi connectivity index (χ0v) is 10.9. The maximum Gasteiger partial charge on any atom is 0.269 e. The molecule has 1 aromatic rings. The molecule has 0 spiro atoms. The first-order valence-electron chi connectivity index (χ1n) is 6.92. The lowest BCUT2D eigenvalue weighted by Gasteiger charge is -2.40. The minimum absolute atomic E-state index is 0.135. The van der Waals surface area contributed by atoms with Crippen LogP contribution in [0.3, 0.4) is 0 Å². The van der Waals surface area contributed by atoms with Gasteiger partial charge in [0.15, 0.2) is 0 Å². The van der Waals surface area contributed by atoms with Crippen LogP contribution in [0.1, 0.15) is 37.3 Å². The largest absolute Gasteiger partial charge is 0.326 e. The summed E-state index contributed by atoms with van der Waals surface area (Å²) in [7, 11) is 0. The van der Waals surface area contributed by atoms with Crippen LogP contribution in [-0.4, -0.2) is 28.5 Å². The topological polar surface area (TPSA) is 72.4 Å². The Hall–Kier alpha value is -1.46. The highest BCUT2D eigenvalue weighted by atomic mass is 16.6. The van der Waals surface area contributed by atoms with Gasteiger partial charge in [-0.25, -0.2) is 0 Å². The number of nitro benzene ring substituents is 1. The van der Waals surface area contributed by atoms with E-state index in [0.717, 1.165) is 24.9 Å². The third kappa shape index (κ3) is 2.48. The fraction of sp³-hybridized carbons (Fsp3) is 0.571. The van der Waals surface area contributed by atoms with Crippen LogP contribution in [0, 0.1) is 10.1 Å². The van der Waals surface area contributed by atoms with Gasteiger partial charge >= 0.3 is 0 Å². The molecule has 2 N–H and O–H groups in total. The summed E-state index contributed by atoms with van der Waals surface area (Å²) >= 11 is 0. The normalized spacial score (nSPS) is 28.3. The summed E-state index contributed by atoms with van der Waals surface area (Å²) in [5.41, 5.74) is 7.55. The zero-order valence-electron chi connectivity index (χ0n) is 10.9. The standard InChI is InChI=1S/C14H19N3O2/c15-13-2-1-9-16(11-7-8-11)14(13)10-3-5-12(6-4-10)17(18)19/h3-6,11,13-14H,1-2,7-9,15H2. The van der Waals surface area contributed by atoms with Crippen LogP contribution in [0.25, 0.3) is 0 Å². The van der Waals surface area contributed by atoms with Gasteiger partial charge in [-0.3, -0.25) is 15.0 Å². The molecule has 2 aliphatic rings. The first-order valence-corrected chi connectivity index (χ1v) is 6.92. The van der Waals surface area contributed by atoms with E-state index < -0.39 is 0 Å². The summed E-state index contributed by atoms with van der Waals surface area (Å²) in [6.07, 6.45) is 4.71. The first kappa shape index (κ1) is 12.6. The molecule has 0 aromatic heterocycles. The van der Waals surface area contributed by atoms with Gasteiger partial charge in [-0.1, -0.05) is 12.1 Å². The quantitative estimate of drug-likeness (QED) is 0.669. The molecule has 1 aliphatic heterocycles. The molecule has 1 saturated heterocycles. The molecule has 1 heterocycles. The highest BCUT2D eigenvalue weighted by molar-refractivity contribution is 5.35. The zero-order chi connectivity index (χ0) is 13.4. The molecule has 2 atom stereocenters. The van der Waals surface area contributed by atoms with Gasteiger partial charge in [0.25, 0.3) is 5.69 Å². The SMILES string of the molecule is NC1CCCN(C2CC2)C1c1ccc([N+](=O)[O-])cc1. The van der Waals surface area contributed by atoms with E-state index in [2.05, 4.69) is 4.90 Å². The summed E-state index contributed by atoms with van der Waals surface area (Å²) in [6.45, 7) is 1.10. The fourth-order valence-corrected chi connectivity index (χ4v) is 3.10. The molecule has 1 aliphatic carbocycles. The Bertz CT molecular complexity index is 470. The molecule has 0 bridgehead atoms. The van der Waals surface area contributed by atoms with Crippen molar-refractivity contribution in [2.45, 2.75) is 43.8 Å². The number of rotatable bonds is 3. The van der Waals surface area contributed by atoms with Gasteiger partial charge in [0.05, 0.1) is 11.0 Å². The minimum Gasteiger partial charge on any atom is -0.326 e. The molecule has 1 aromatic carbocycles. The molecule has 2 unspecified atom stereocenters. The van der Waals surface area contributed by atoms with Crippen LogP contribution in [0.15, 0.2) is 24.3 Å². The average molecular weight is 261 g/mol. The number of hydrogen-bond donors (Lipinski definition) is 1. The molecule has 1 saturated carbocycles. The van der Waals surface area contributed by atoms with Crippen LogP contribution >= 0.6 is 0 Å². The van der Waals surface area contributed by atoms with E-state index in [1.165, 1.54) is 12.8 Å². The lowest BCUT2D eigenvalue weighted by Crippen LogP contribution is -2.46. The van der Waals surface area contributed by atoms with E-state index in [9.17, 15) is 10.1 Å². The third-order valence-electron chi connectivity index (χ3n) is 4.18. The van der Waals surface area contributed by atoms with Crippen molar-refractivity contribution in [2.75, 3.05) is 6.54 Å². The molecule has 5 heteroatoms. The van der Waals surface area contributed by atoms with E-state index in [0.29, 0.717) is 6.04 Å². The minimum atomic E-state index is -0.358. The lowest BCUT2D eigenvalue weighted by molar-refractivity contribution is -0.384. The van der Waals surface area contributed by atoms with E-state index in [1.807, 2.05) is 12.1 Å². The predicted molar refractivity (Wildman–Crippen MR) is 72.8 cm³/mol. The van der Waals surface area contributed by atoms with Gasteiger partial charge in [0, 0.05) is 24.2 Å². The molecule has 102 valence electrons. The van der Waals surface area contributed by atoms with Crippen LogP contribution in [-0.2, 0) is 0 Å². The van der Waals surface area contributed by atoms with E-state index in [-0.39, 0.29) is 22.7 Å². The number of piperidine rings is 1. The third-order valence-corrected chi connectivity index (χ3v) is 4.18. The van der Waals surface area contributed by atoms with Crippen molar-refractivity contribution < 1.29 is 4.92 Å². The van der Waals surface area contributed by atoms with Gasteiger partial charge in [0.2, 0.25) is 0 Å². The second-order valence-corrected chi connectivity index (χ2v) is 5.57. The molecule has 0 amide bonds. The maximum atomic E-state index is 10.7. The lowest BCUT2D eigenvalue weighted by atomic mass is 9.90. The summed E-state index contributed by atoms with van der Waals surface area (Å²) < 4.78 is 0. The van der Waals surface area contributed by atoms with Crippen molar-refractivity contribution in [3.63, 3.8) is 0 Å². The van der Waals surface area contributed by atoms with E-state index in [1.54, 1.807) is 12.1 Å². The van der Waals surface area contributed by atoms with Crippen molar-refractivity contribution in [2.24, 2.45) is 5.73 Å². The van der Waals surface area contributed by atoms with Gasteiger partial charge in [-0.2, -0.15) is 0 Å². The summed E-state index contributed by atoms with van der Waals surface area (Å²) in [6, 6.07) is 7.93. The smallest absolute Gasteiger partial charge is 0.269 e. The highest BCUT2D eigenvalue weighted by Crippen LogP contribution is 2.39. The Kier molecular flexibility index (Phi) is 3.24. The van der Waals surface area contributed by atoms with Crippen LogP contribution in [0.4, 0.5) is 5.69 Å². The number of non-ortho nitro benzene ring substituents is 1. The molecule has 5 nitrogen and oxygen atoms in total. The second kappa shape index (κ2) is 4.90. The Balaban J connectivity index is 1.86. The Morgan fingerprint density at radius 2 is 1.89 bits per heavy atom. The van der Waals surface area contributed by atoms with Crippen LogP contribution < -0.4 is 5.73 Å². The number of benzene rings is 1. The molecule has 2 fully saturated rings. The van der Waals surface area contributed by atoms with Crippen molar-refractivity contribution in [3.8, 4) is 0 Å². The molecular weight excluding hydrogens is 242 g/mol. The van der Waals surface area contributed by atoms with Gasteiger partial charge in [0.1, 0.15) is 0 Å². The van der Waals surface area contributed by atoms with Crippen molar-refractivity contribution in [3.05, 3.63) is 39.9 Å². The number of nitrogens with zero attached hydrogens (tertiary/aromatic N) is 2. The number of hydrogen-bond acceptors (Lipinski definition) is 4. The number of nitro groups is 1. The molecule has 0 radical (unpaired) electrons. The molecule has 19 heavy (non-hydrogen) atoms. The van der Waals surface area contributed by atoms with Crippen molar-refractivity contribution in [1.82, 2.24) is 4.90 Å². The summed E-state index contributed by atoms with van der Waals surface area (Å²) in [5, 5.41) is 10.7. The van der Waals surface area contributed by atoms with Crippen molar-refractivity contribution in [1.29, 1.82) is 0 Å². The predicted octanol–water partition coefficient (Wildman–Crippen LogP) is 2.22. The Morgan fingerprint density at radius 1 is 1.21 bits per heavy atom.